The molecule has 0 radical (unpaired) electrons. The molecule has 0 aliphatic carbocycles. The Bertz CT molecular complexity index is 469. The molecule has 1 unspecified atom stereocenters. The summed E-state index contributed by atoms with van der Waals surface area (Å²) in [6.45, 7) is 2.14. The van der Waals surface area contributed by atoms with Crippen LogP contribution >= 0.6 is 44.3 Å². The molecule has 1 atom stereocenters. The normalized spacial score (nSPS) is 11.9. The van der Waals surface area contributed by atoms with E-state index in [0.29, 0.717) is 6.37 Å². The minimum absolute atomic E-state index is 0.659. The van der Waals surface area contributed by atoms with Crippen LogP contribution in [-0.2, 0) is 6.42 Å². The van der Waals surface area contributed by atoms with Gasteiger partial charge >= 0.3 is 0 Å². The van der Waals surface area contributed by atoms with Crippen molar-refractivity contribution >= 4 is 55.2 Å². The van der Waals surface area contributed by atoms with Gasteiger partial charge in [-0.3, -0.25) is 0 Å². The summed E-state index contributed by atoms with van der Waals surface area (Å²) >= 11 is 5.84. The quantitative estimate of drug-likeness (QED) is 0.563. The molecular formula is C9H9BrIN2P. The third-order valence-corrected chi connectivity index (χ3v) is 4.50. The van der Waals surface area contributed by atoms with Gasteiger partial charge in [-0.15, -0.1) is 0 Å². The minimum Gasteiger partial charge on any atom is -0.237 e. The zero-order valence-electron chi connectivity index (χ0n) is 7.59. The number of aryl methyl sites for hydroxylation is 1. The van der Waals surface area contributed by atoms with Crippen LogP contribution in [0.5, 0.6) is 0 Å². The summed E-state index contributed by atoms with van der Waals surface area (Å²) < 4.78 is 3.18. The Morgan fingerprint density at radius 3 is 3.00 bits per heavy atom. The lowest BCUT2D eigenvalue weighted by atomic mass is 10.2. The molecule has 1 heterocycles. The van der Waals surface area contributed by atoms with E-state index in [2.05, 4.69) is 72.6 Å². The van der Waals surface area contributed by atoms with Gasteiger partial charge in [0.2, 0.25) is 0 Å². The second-order valence-corrected chi connectivity index (χ2v) is 5.91. The van der Waals surface area contributed by atoms with Crippen LogP contribution < -0.4 is 0 Å². The van der Waals surface area contributed by atoms with Crippen LogP contribution in [0, 0.1) is 0 Å². The van der Waals surface area contributed by atoms with Gasteiger partial charge in [0, 0.05) is 9.86 Å². The fourth-order valence-corrected chi connectivity index (χ4v) is 3.36. The van der Waals surface area contributed by atoms with Crippen molar-refractivity contribution in [3.8, 4) is 0 Å². The zero-order chi connectivity index (χ0) is 10.1. The lowest BCUT2D eigenvalue weighted by Gasteiger charge is -1.96. The van der Waals surface area contributed by atoms with Gasteiger partial charge in [-0.1, -0.05) is 22.9 Å². The number of fused-ring (bicyclic) bond motifs is 1. The summed E-state index contributed by atoms with van der Waals surface area (Å²) in [5.74, 6) is 0. The lowest BCUT2D eigenvalue weighted by Crippen LogP contribution is -1.84. The molecule has 5 heteroatoms. The second kappa shape index (κ2) is 4.45. The first-order chi connectivity index (χ1) is 6.76. The summed E-state index contributed by atoms with van der Waals surface area (Å²) in [5, 5.41) is 5.85. The van der Waals surface area contributed by atoms with Crippen molar-refractivity contribution in [1.82, 2.24) is 9.55 Å². The molecule has 1 aromatic carbocycles. The molecule has 0 amide bonds. The summed E-state index contributed by atoms with van der Waals surface area (Å²) in [4.78, 5) is 0. The SMILES string of the molecule is CCc1nn(PI)c2cc(Br)ccc12. The van der Waals surface area contributed by atoms with Crippen molar-refractivity contribution in [3.05, 3.63) is 28.4 Å². The van der Waals surface area contributed by atoms with Crippen LogP contribution in [0.1, 0.15) is 12.6 Å². The first kappa shape index (κ1) is 10.8. The largest absolute Gasteiger partial charge is 0.237 e. The molecule has 14 heavy (non-hydrogen) atoms. The van der Waals surface area contributed by atoms with Crippen molar-refractivity contribution in [2.24, 2.45) is 0 Å². The van der Waals surface area contributed by atoms with E-state index < -0.39 is 0 Å². The average Bonchev–Trinajstić information content (AvgIpc) is 2.55. The monoisotopic (exact) mass is 382 g/mol. The summed E-state index contributed by atoms with van der Waals surface area (Å²) in [5.41, 5.74) is 2.42. The summed E-state index contributed by atoms with van der Waals surface area (Å²) in [6.07, 6.45) is 1.65. The maximum Gasteiger partial charge on any atom is 0.0743 e. The molecule has 0 aliphatic heterocycles. The van der Waals surface area contributed by atoms with Crippen molar-refractivity contribution in [3.63, 3.8) is 0 Å². The van der Waals surface area contributed by atoms with Crippen molar-refractivity contribution in [1.29, 1.82) is 0 Å². The van der Waals surface area contributed by atoms with E-state index in [1.54, 1.807) is 0 Å². The van der Waals surface area contributed by atoms with E-state index in [0.717, 1.165) is 10.9 Å². The number of halogens is 2. The Hall–Kier alpha value is 0.330. The van der Waals surface area contributed by atoms with E-state index in [-0.39, 0.29) is 0 Å². The third-order valence-electron chi connectivity index (χ3n) is 2.13. The maximum atomic E-state index is 4.57. The molecule has 74 valence electrons. The van der Waals surface area contributed by atoms with Gasteiger partial charge in [0.05, 0.1) is 17.6 Å². The highest BCUT2D eigenvalue weighted by atomic mass is 127. The van der Waals surface area contributed by atoms with Crippen LogP contribution in [0.15, 0.2) is 22.7 Å². The summed E-state index contributed by atoms with van der Waals surface area (Å²) in [6, 6.07) is 6.34. The van der Waals surface area contributed by atoms with Crippen molar-refractivity contribution < 1.29 is 0 Å². The van der Waals surface area contributed by atoms with Crippen LogP contribution in [0.25, 0.3) is 10.9 Å². The third kappa shape index (κ3) is 1.84. The van der Waals surface area contributed by atoms with E-state index in [4.69, 9.17) is 0 Å². The smallest absolute Gasteiger partial charge is 0.0743 e. The highest BCUT2D eigenvalue weighted by molar-refractivity contribution is 14.2. The Labute approximate surface area is 106 Å². The molecule has 1 aromatic heterocycles. The van der Waals surface area contributed by atoms with E-state index in [1.165, 1.54) is 16.6 Å². The molecule has 2 aromatic rings. The molecule has 0 fully saturated rings. The first-order valence-corrected chi connectivity index (χ1v) is 9.15. The molecule has 0 saturated carbocycles. The number of aromatic nitrogens is 2. The standard InChI is InChI=1S/C9H9BrIN2P/c1-2-8-7-4-3-6(10)5-9(7)13(12-8)14-11/h3-5,14H,2H2,1H3. The van der Waals surface area contributed by atoms with Gasteiger partial charge in [-0.05, 0) is 46.7 Å². The van der Waals surface area contributed by atoms with Gasteiger partial charge in [0.25, 0.3) is 0 Å². The van der Waals surface area contributed by atoms with Crippen LogP contribution in [0.3, 0.4) is 0 Å². The molecular weight excluding hydrogens is 374 g/mol. The average molecular weight is 383 g/mol. The second-order valence-electron chi connectivity index (χ2n) is 2.96. The van der Waals surface area contributed by atoms with E-state index in [1.807, 2.05) is 0 Å². The summed E-state index contributed by atoms with van der Waals surface area (Å²) in [7, 11) is 0. The highest BCUT2D eigenvalue weighted by Gasteiger charge is 2.08. The molecule has 2 rings (SSSR count). The molecule has 0 spiro atoms. The predicted octanol–water partition coefficient (Wildman–Crippen LogP) is 4.15. The zero-order valence-corrected chi connectivity index (χ0v) is 12.3. The molecule has 0 saturated heterocycles. The molecule has 0 aliphatic rings. The fourth-order valence-electron chi connectivity index (χ4n) is 1.48. The highest BCUT2D eigenvalue weighted by Crippen LogP contribution is 2.31. The van der Waals surface area contributed by atoms with E-state index >= 15 is 0 Å². The predicted molar refractivity (Wildman–Crippen MR) is 74.5 cm³/mol. The van der Waals surface area contributed by atoms with E-state index in [9.17, 15) is 0 Å². The van der Waals surface area contributed by atoms with Gasteiger partial charge in [0.1, 0.15) is 0 Å². The Kier molecular flexibility index (Phi) is 3.45. The van der Waals surface area contributed by atoms with Crippen molar-refractivity contribution in [2.45, 2.75) is 13.3 Å². The minimum atomic E-state index is 0.659. The molecule has 0 N–H and O–H groups in total. The Morgan fingerprint density at radius 2 is 2.36 bits per heavy atom. The van der Waals surface area contributed by atoms with Crippen LogP contribution in [-0.4, -0.2) is 9.55 Å². The Morgan fingerprint density at radius 1 is 1.57 bits per heavy atom. The van der Waals surface area contributed by atoms with Gasteiger partial charge in [0.15, 0.2) is 0 Å². The van der Waals surface area contributed by atoms with Crippen LogP contribution in [0.2, 0.25) is 0 Å². The Balaban J connectivity index is 2.75. The molecule has 0 bridgehead atoms. The number of rotatable bonds is 2. The maximum absolute atomic E-state index is 4.57. The van der Waals surface area contributed by atoms with Gasteiger partial charge in [-0.2, -0.15) is 5.10 Å². The van der Waals surface area contributed by atoms with Gasteiger partial charge in [-0.25, -0.2) is 4.45 Å². The number of hydrogen-bond donors (Lipinski definition) is 0. The van der Waals surface area contributed by atoms with Crippen molar-refractivity contribution in [2.75, 3.05) is 0 Å². The number of hydrogen-bond acceptors (Lipinski definition) is 1. The number of benzene rings is 1. The van der Waals surface area contributed by atoms with Crippen LogP contribution in [0.4, 0.5) is 0 Å². The topological polar surface area (TPSA) is 17.8 Å². The van der Waals surface area contributed by atoms with Gasteiger partial charge < -0.3 is 0 Å². The number of nitrogens with zero attached hydrogens (tertiary/aromatic N) is 2. The lowest BCUT2D eigenvalue weighted by molar-refractivity contribution is 0.948. The molecule has 2 nitrogen and oxygen atoms in total. The first-order valence-electron chi connectivity index (χ1n) is 4.30. The fraction of sp³-hybridized carbons (Fsp3) is 0.222.